The smallest absolute Gasteiger partial charge is 0.308 e. The van der Waals surface area contributed by atoms with Gasteiger partial charge in [-0.3, -0.25) is 18.9 Å². The third-order valence-corrected chi connectivity index (χ3v) is 8.50. The molecule has 0 aliphatic carbocycles. The van der Waals surface area contributed by atoms with Crippen LogP contribution < -0.4 is 14.9 Å². The van der Waals surface area contributed by atoms with E-state index < -0.39 is 15.9 Å². The first-order chi connectivity index (χ1) is 18.3. The summed E-state index contributed by atoms with van der Waals surface area (Å²) in [7, 11) is -4.04. The number of para-hydroxylation sites is 1. The van der Waals surface area contributed by atoms with Crippen LogP contribution in [-0.2, 0) is 16.6 Å². The number of thiazole rings is 1. The number of nitrogens with zero attached hydrogens (tertiary/aromatic N) is 1. The van der Waals surface area contributed by atoms with Gasteiger partial charge in [0.25, 0.3) is 15.9 Å². The summed E-state index contributed by atoms with van der Waals surface area (Å²) >= 11 is 0.998. The van der Waals surface area contributed by atoms with Crippen LogP contribution in [0.2, 0.25) is 0 Å². The van der Waals surface area contributed by atoms with Gasteiger partial charge in [-0.25, -0.2) is 8.42 Å². The van der Waals surface area contributed by atoms with Crippen LogP contribution in [0.5, 0.6) is 0 Å². The molecule has 9 heteroatoms. The Morgan fingerprint density at radius 2 is 1.55 bits per heavy atom. The molecule has 4 aromatic carbocycles. The van der Waals surface area contributed by atoms with Crippen LogP contribution in [0.3, 0.4) is 0 Å². The van der Waals surface area contributed by atoms with Gasteiger partial charge in [-0.05, 0) is 48.4 Å². The van der Waals surface area contributed by atoms with E-state index in [9.17, 15) is 18.0 Å². The summed E-state index contributed by atoms with van der Waals surface area (Å²) < 4.78 is 31.4. The Balaban J connectivity index is 1.40. The largest absolute Gasteiger partial charge is 0.345 e. The van der Waals surface area contributed by atoms with Crippen molar-refractivity contribution < 1.29 is 13.2 Å². The van der Waals surface area contributed by atoms with E-state index in [1.165, 1.54) is 12.1 Å². The normalized spacial score (nSPS) is 12.2. The molecule has 0 saturated carbocycles. The van der Waals surface area contributed by atoms with Crippen molar-refractivity contribution in [1.29, 1.82) is 0 Å². The number of nitrogens with one attached hydrogen (secondary N) is 2. The lowest BCUT2D eigenvalue weighted by molar-refractivity contribution is 0.0941. The van der Waals surface area contributed by atoms with Gasteiger partial charge in [0, 0.05) is 0 Å². The predicted octanol–water partition coefficient (Wildman–Crippen LogP) is 5.40. The number of amides is 1. The molecule has 1 heterocycles. The number of carbonyl (C=O) groups excluding carboxylic acids is 1. The highest BCUT2D eigenvalue weighted by atomic mass is 32.2. The summed E-state index contributed by atoms with van der Waals surface area (Å²) in [4.78, 5) is 25.6. The fourth-order valence-corrected chi connectivity index (χ4v) is 6.31. The summed E-state index contributed by atoms with van der Waals surface area (Å²) in [6, 6.07) is 29.9. The SMILES string of the molecule is C[C@@H](NC(=O)c1ccccc1NS(=O)(=O)c1ccc2c(c1)sc(=O)n2Cc1ccccc1)c1ccccc1. The Hall–Kier alpha value is -4.21. The molecular formula is C29H25N3O4S2. The van der Waals surface area contributed by atoms with Gasteiger partial charge in [-0.2, -0.15) is 0 Å². The molecule has 1 aromatic heterocycles. The Morgan fingerprint density at radius 1 is 0.895 bits per heavy atom. The molecule has 0 unspecified atom stereocenters. The summed E-state index contributed by atoms with van der Waals surface area (Å²) in [5, 5.41) is 2.92. The van der Waals surface area contributed by atoms with E-state index in [0.717, 1.165) is 22.5 Å². The maximum Gasteiger partial charge on any atom is 0.308 e. The number of benzene rings is 4. The van der Waals surface area contributed by atoms with Crippen molar-refractivity contribution in [2.45, 2.75) is 24.4 Å². The highest BCUT2D eigenvalue weighted by molar-refractivity contribution is 7.92. The molecule has 1 atom stereocenters. The van der Waals surface area contributed by atoms with Crippen molar-refractivity contribution in [1.82, 2.24) is 9.88 Å². The van der Waals surface area contributed by atoms with E-state index in [1.54, 1.807) is 34.9 Å². The Bertz CT molecular complexity index is 1760. The number of carbonyl (C=O) groups is 1. The van der Waals surface area contributed by atoms with Crippen molar-refractivity contribution >= 4 is 43.2 Å². The molecule has 38 heavy (non-hydrogen) atoms. The zero-order valence-electron chi connectivity index (χ0n) is 20.5. The Kier molecular flexibility index (Phi) is 7.13. The van der Waals surface area contributed by atoms with E-state index in [1.807, 2.05) is 67.6 Å². The third-order valence-electron chi connectivity index (χ3n) is 6.20. The van der Waals surface area contributed by atoms with E-state index >= 15 is 0 Å². The molecule has 5 aromatic rings. The molecule has 2 N–H and O–H groups in total. The minimum absolute atomic E-state index is 0.00553. The quantitative estimate of drug-likeness (QED) is 0.274. The number of anilines is 1. The van der Waals surface area contributed by atoms with Gasteiger partial charge in [-0.1, -0.05) is 84.1 Å². The first-order valence-electron chi connectivity index (χ1n) is 12.0. The van der Waals surface area contributed by atoms with Gasteiger partial charge in [0.2, 0.25) is 0 Å². The lowest BCUT2D eigenvalue weighted by Crippen LogP contribution is -2.28. The number of hydrogen-bond acceptors (Lipinski definition) is 5. The molecular weight excluding hydrogens is 518 g/mol. The van der Waals surface area contributed by atoms with Crippen LogP contribution in [0.4, 0.5) is 5.69 Å². The number of aromatic nitrogens is 1. The predicted molar refractivity (Wildman–Crippen MR) is 151 cm³/mol. The van der Waals surface area contributed by atoms with E-state index in [-0.39, 0.29) is 27.1 Å². The van der Waals surface area contributed by atoms with Crippen molar-refractivity contribution in [3.63, 3.8) is 0 Å². The van der Waals surface area contributed by atoms with Crippen LogP contribution in [0.15, 0.2) is 113 Å². The summed E-state index contributed by atoms with van der Waals surface area (Å²) in [5.41, 5.74) is 2.95. The molecule has 0 spiro atoms. The van der Waals surface area contributed by atoms with Crippen LogP contribution in [0.25, 0.3) is 10.2 Å². The average molecular weight is 544 g/mol. The topological polar surface area (TPSA) is 97.3 Å². The molecule has 192 valence electrons. The molecule has 0 fully saturated rings. The molecule has 1 amide bonds. The second kappa shape index (κ2) is 10.6. The molecule has 0 radical (unpaired) electrons. The number of fused-ring (bicyclic) bond motifs is 1. The van der Waals surface area contributed by atoms with Crippen molar-refractivity contribution in [2.24, 2.45) is 0 Å². The lowest BCUT2D eigenvalue weighted by atomic mass is 10.1. The monoisotopic (exact) mass is 543 g/mol. The zero-order valence-corrected chi connectivity index (χ0v) is 22.1. The maximum absolute atomic E-state index is 13.3. The Labute approximate surface area is 224 Å². The summed E-state index contributed by atoms with van der Waals surface area (Å²) in [6.45, 7) is 2.26. The van der Waals surface area contributed by atoms with Gasteiger partial charge in [0.1, 0.15) is 0 Å². The second-order valence-electron chi connectivity index (χ2n) is 8.83. The fraction of sp³-hybridized carbons (Fsp3) is 0.103. The fourth-order valence-electron chi connectivity index (χ4n) is 4.20. The van der Waals surface area contributed by atoms with Crippen LogP contribution in [0.1, 0.15) is 34.5 Å². The van der Waals surface area contributed by atoms with E-state index in [4.69, 9.17) is 0 Å². The molecule has 7 nitrogen and oxygen atoms in total. The van der Waals surface area contributed by atoms with Crippen molar-refractivity contribution in [2.75, 3.05) is 4.72 Å². The maximum atomic E-state index is 13.3. The highest BCUT2D eigenvalue weighted by Crippen LogP contribution is 2.26. The first-order valence-corrected chi connectivity index (χ1v) is 14.3. The van der Waals surface area contributed by atoms with Crippen LogP contribution in [0, 0.1) is 0 Å². The summed E-state index contributed by atoms with van der Waals surface area (Å²) in [5.74, 6) is -0.397. The van der Waals surface area contributed by atoms with Crippen molar-refractivity contribution in [3.05, 3.63) is 129 Å². The van der Waals surface area contributed by atoms with Gasteiger partial charge in [0.05, 0.1) is 38.9 Å². The molecule has 0 aliphatic rings. The number of hydrogen-bond donors (Lipinski definition) is 2. The number of sulfonamides is 1. The van der Waals surface area contributed by atoms with E-state index in [0.29, 0.717) is 16.8 Å². The van der Waals surface area contributed by atoms with Gasteiger partial charge in [0.15, 0.2) is 0 Å². The Morgan fingerprint density at radius 3 is 2.29 bits per heavy atom. The third kappa shape index (κ3) is 5.39. The molecule has 0 bridgehead atoms. The van der Waals surface area contributed by atoms with Crippen LogP contribution >= 0.6 is 11.3 Å². The van der Waals surface area contributed by atoms with Crippen molar-refractivity contribution in [3.8, 4) is 0 Å². The van der Waals surface area contributed by atoms with Crippen LogP contribution in [-0.4, -0.2) is 18.9 Å². The highest BCUT2D eigenvalue weighted by Gasteiger charge is 2.21. The van der Waals surface area contributed by atoms with Gasteiger partial charge < -0.3 is 5.32 Å². The number of rotatable bonds is 8. The molecule has 0 aliphatic heterocycles. The second-order valence-corrected chi connectivity index (χ2v) is 11.5. The minimum Gasteiger partial charge on any atom is -0.345 e. The van der Waals surface area contributed by atoms with E-state index in [2.05, 4.69) is 10.0 Å². The van der Waals surface area contributed by atoms with Gasteiger partial charge >= 0.3 is 4.87 Å². The standard InChI is InChI=1S/C29H25N3O4S2/c1-20(22-12-6-3-7-13-22)30-28(33)24-14-8-9-15-25(24)31-38(35,36)23-16-17-26-27(18-23)37-29(34)32(26)19-21-10-4-2-5-11-21/h2-18,20,31H,19H2,1H3,(H,30,33)/t20-/m1/s1. The molecule has 0 saturated heterocycles. The molecule has 5 rings (SSSR count). The average Bonchev–Trinajstić information content (AvgIpc) is 3.23. The first kappa shape index (κ1) is 25.4. The zero-order chi connectivity index (χ0) is 26.7. The summed E-state index contributed by atoms with van der Waals surface area (Å²) in [6.07, 6.45) is 0. The van der Waals surface area contributed by atoms with Gasteiger partial charge in [-0.15, -0.1) is 0 Å². The lowest BCUT2D eigenvalue weighted by Gasteiger charge is -2.17. The minimum atomic E-state index is -4.04.